The lowest BCUT2D eigenvalue weighted by atomic mass is 9.98. The number of amides is 1. The second-order valence-corrected chi connectivity index (χ2v) is 10.4. The SMILES string of the molecule is CCN(CC)S(=O)(=O)c1ccc(=O)n(CC(=O)NC2CCN(C(C)(C)C)CC2)c1. The van der Waals surface area contributed by atoms with Gasteiger partial charge in [-0.3, -0.25) is 14.5 Å². The number of hydrogen-bond donors (Lipinski definition) is 1. The van der Waals surface area contributed by atoms with Gasteiger partial charge in [-0.25, -0.2) is 8.42 Å². The van der Waals surface area contributed by atoms with Crippen molar-refractivity contribution in [2.75, 3.05) is 26.2 Å². The van der Waals surface area contributed by atoms with Gasteiger partial charge in [-0.15, -0.1) is 0 Å². The second-order valence-electron chi connectivity index (χ2n) is 8.42. The molecule has 0 bridgehead atoms. The first-order valence-electron chi connectivity index (χ1n) is 10.2. The van der Waals surface area contributed by atoms with Crippen LogP contribution in [-0.2, 0) is 21.4 Å². The van der Waals surface area contributed by atoms with E-state index in [-0.39, 0.29) is 28.9 Å². The average molecular weight is 427 g/mol. The van der Waals surface area contributed by atoms with Crippen LogP contribution in [0.15, 0.2) is 28.0 Å². The summed E-state index contributed by atoms with van der Waals surface area (Å²) in [5.74, 6) is -0.279. The number of piperidine rings is 1. The number of carbonyl (C=O) groups excluding carboxylic acids is 1. The predicted octanol–water partition coefficient (Wildman–Crippen LogP) is 1.26. The van der Waals surface area contributed by atoms with Crippen molar-refractivity contribution in [2.24, 2.45) is 0 Å². The zero-order valence-corrected chi connectivity index (χ0v) is 19.0. The first kappa shape index (κ1) is 23.6. The minimum absolute atomic E-state index is 0.0204. The molecule has 0 radical (unpaired) electrons. The molecule has 1 aromatic heterocycles. The number of nitrogens with zero attached hydrogens (tertiary/aromatic N) is 3. The van der Waals surface area contributed by atoms with Gasteiger partial charge in [0.25, 0.3) is 5.56 Å². The number of nitrogens with one attached hydrogen (secondary N) is 1. The second kappa shape index (κ2) is 9.40. The minimum Gasteiger partial charge on any atom is -0.352 e. The first-order chi connectivity index (χ1) is 13.5. The quantitative estimate of drug-likeness (QED) is 0.709. The lowest BCUT2D eigenvalue weighted by molar-refractivity contribution is -0.122. The van der Waals surface area contributed by atoms with Gasteiger partial charge in [0.2, 0.25) is 15.9 Å². The van der Waals surface area contributed by atoms with Gasteiger partial charge in [-0.1, -0.05) is 13.8 Å². The highest BCUT2D eigenvalue weighted by Gasteiger charge is 2.28. The van der Waals surface area contributed by atoms with E-state index in [2.05, 4.69) is 31.0 Å². The molecule has 1 N–H and O–H groups in total. The summed E-state index contributed by atoms with van der Waals surface area (Å²) in [6.45, 7) is 12.4. The lowest BCUT2D eigenvalue weighted by Crippen LogP contribution is -2.51. The molecule has 164 valence electrons. The third-order valence-electron chi connectivity index (χ3n) is 5.42. The molecule has 8 nitrogen and oxygen atoms in total. The number of hydrogen-bond acceptors (Lipinski definition) is 5. The highest BCUT2D eigenvalue weighted by molar-refractivity contribution is 7.89. The molecule has 0 aliphatic carbocycles. The number of rotatable bonds is 7. The van der Waals surface area contributed by atoms with Crippen LogP contribution in [0.3, 0.4) is 0 Å². The van der Waals surface area contributed by atoms with E-state index >= 15 is 0 Å². The van der Waals surface area contributed by atoms with Crippen molar-refractivity contribution in [3.8, 4) is 0 Å². The summed E-state index contributed by atoms with van der Waals surface area (Å²) in [5.41, 5.74) is -0.291. The van der Waals surface area contributed by atoms with Crippen LogP contribution in [0.2, 0.25) is 0 Å². The van der Waals surface area contributed by atoms with Crippen LogP contribution in [0.4, 0.5) is 0 Å². The standard InChI is InChI=1S/C20H34N4O4S/c1-6-24(7-2)29(27,28)17-8-9-19(26)22(14-17)15-18(25)21-16-10-12-23(13-11-16)20(3,4)5/h8-9,14,16H,6-7,10-13,15H2,1-5H3,(H,21,25). The van der Waals surface area contributed by atoms with Crippen molar-refractivity contribution < 1.29 is 13.2 Å². The summed E-state index contributed by atoms with van der Waals surface area (Å²) in [7, 11) is -3.69. The molecular formula is C20H34N4O4S. The van der Waals surface area contributed by atoms with Crippen molar-refractivity contribution >= 4 is 15.9 Å². The summed E-state index contributed by atoms with van der Waals surface area (Å²) in [6.07, 6.45) is 2.97. The maximum atomic E-state index is 12.7. The van der Waals surface area contributed by atoms with Crippen LogP contribution in [0.5, 0.6) is 0 Å². The topological polar surface area (TPSA) is 91.7 Å². The van der Waals surface area contributed by atoms with Crippen molar-refractivity contribution in [1.29, 1.82) is 0 Å². The monoisotopic (exact) mass is 426 g/mol. The summed E-state index contributed by atoms with van der Waals surface area (Å²) < 4.78 is 27.8. The van der Waals surface area contributed by atoms with Gasteiger partial charge in [0, 0.05) is 50.0 Å². The summed E-state index contributed by atoms with van der Waals surface area (Å²) in [6, 6.07) is 2.57. The van der Waals surface area contributed by atoms with Crippen LogP contribution in [0, 0.1) is 0 Å². The number of carbonyl (C=O) groups is 1. The van der Waals surface area contributed by atoms with Crippen molar-refractivity contribution in [1.82, 2.24) is 19.1 Å². The number of sulfonamides is 1. The Bertz CT molecular complexity index is 861. The van der Waals surface area contributed by atoms with E-state index in [0.717, 1.165) is 30.5 Å². The maximum absolute atomic E-state index is 12.7. The molecule has 0 spiro atoms. The molecule has 0 atom stereocenters. The van der Waals surface area contributed by atoms with Crippen molar-refractivity contribution in [2.45, 2.75) is 70.5 Å². The maximum Gasteiger partial charge on any atom is 0.251 e. The van der Waals surface area contributed by atoms with Crippen molar-refractivity contribution in [3.63, 3.8) is 0 Å². The first-order valence-corrected chi connectivity index (χ1v) is 11.7. The van der Waals surface area contributed by atoms with Crippen LogP contribution in [0.25, 0.3) is 0 Å². The smallest absolute Gasteiger partial charge is 0.251 e. The van der Waals surface area contributed by atoms with Gasteiger partial charge >= 0.3 is 0 Å². The summed E-state index contributed by atoms with van der Waals surface area (Å²) in [4.78, 5) is 27.0. The Hall–Kier alpha value is -1.71. The van der Waals surface area contributed by atoms with Crippen LogP contribution in [-0.4, -0.2) is 65.9 Å². The lowest BCUT2D eigenvalue weighted by Gasteiger charge is -2.41. The normalized spacial score (nSPS) is 16.9. The molecule has 0 saturated carbocycles. The number of likely N-dealkylation sites (tertiary alicyclic amines) is 1. The van der Waals surface area contributed by atoms with Crippen LogP contribution in [0.1, 0.15) is 47.5 Å². The number of aromatic nitrogens is 1. The van der Waals surface area contributed by atoms with E-state index in [1.807, 2.05) is 0 Å². The summed E-state index contributed by atoms with van der Waals surface area (Å²) >= 11 is 0. The fraction of sp³-hybridized carbons (Fsp3) is 0.700. The Balaban J connectivity index is 2.05. The van der Waals surface area contributed by atoms with Gasteiger partial charge in [0.05, 0.1) is 4.90 Å². The van der Waals surface area contributed by atoms with E-state index in [1.165, 1.54) is 22.6 Å². The Labute approximate surface area is 173 Å². The zero-order valence-electron chi connectivity index (χ0n) is 18.1. The van der Waals surface area contributed by atoms with Crippen LogP contribution < -0.4 is 10.9 Å². The zero-order chi connectivity index (χ0) is 21.8. The molecule has 1 fully saturated rings. The largest absolute Gasteiger partial charge is 0.352 e. The fourth-order valence-corrected chi connectivity index (χ4v) is 5.10. The minimum atomic E-state index is -3.69. The Morgan fingerprint density at radius 2 is 1.76 bits per heavy atom. The third-order valence-corrected chi connectivity index (χ3v) is 7.46. The van der Waals surface area contributed by atoms with Gasteiger partial charge in [-0.2, -0.15) is 4.31 Å². The molecular weight excluding hydrogens is 392 g/mol. The molecule has 0 unspecified atom stereocenters. The highest BCUT2D eigenvalue weighted by atomic mass is 32.2. The molecule has 1 aliphatic rings. The molecule has 29 heavy (non-hydrogen) atoms. The Morgan fingerprint density at radius 3 is 2.28 bits per heavy atom. The molecule has 1 saturated heterocycles. The number of pyridine rings is 1. The van der Waals surface area contributed by atoms with Crippen LogP contribution >= 0.6 is 0 Å². The highest BCUT2D eigenvalue weighted by Crippen LogP contribution is 2.20. The predicted molar refractivity (Wildman–Crippen MR) is 113 cm³/mol. The van der Waals surface area contributed by atoms with E-state index in [4.69, 9.17) is 0 Å². The van der Waals surface area contributed by atoms with E-state index in [0.29, 0.717) is 13.1 Å². The molecule has 0 aromatic carbocycles. The van der Waals surface area contributed by atoms with Gasteiger partial charge in [-0.05, 0) is 39.7 Å². The molecule has 9 heteroatoms. The van der Waals surface area contributed by atoms with Gasteiger partial charge in [0.1, 0.15) is 6.54 Å². The van der Waals surface area contributed by atoms with Gasteiger partial charge in [0.15, 0.2) is 0 Å². The Morgan fingerprint density at radius 1 is 1.17 bits per heavy atom. The molecule has 2 heterocycles. The molecule has 1 amide bonds. The van der Waals surface area contributed by atoms with E-state index in [9.17, 15) is 18.0 Å². The molecule has 1 aliphatic heterocycles. The van der Waals surface area contributed by atoms with Crippen molar-refractivity contribution in [3.05, 3.63) is 28.7 Å². The molecule has 2 rings (SSSR count). The molecule has 1 aromatic rings. The summed E-state index contributed by atoms with van der Waals surface area (Å²) in [5, 5.41) is 2.98. The van der Waals surface area contributed by atoms with E-state index in [1.54, 1.807) is 13.8 Å². The Kier molecular flexibility index (Phi) is 7.64. The van der Waals surface area contributed by atoms with Gasteiger partial charge < -0.3 is 9.88 Å². The third kappa shape index (κ3) is 5.90. The average Bonchev–Trinajstić information content (AvgIpc) is 2.63. The van der Waals surface area contributed by atoms with E-state index < -0.39 is 15.6 Å². The fourth-order valence-electron chi connectivity index (χ4n) is 3.62.